The smallest absolute Gasteiger partial charge is 0.146 e. The van der Waals surface area contributed by atoms with Crippen molar-refractivity contribution < 1.29 is 4.39 Å². The molecule has 0 saturated carbocycles. The lowest BCUT2D eigenvalue weighted by Gasteiger charge is -2.27. The van der Waals surface area contributed by atoms with Crippen LogP contribution in [-0.2, 0) is 0 Å². The molecule has 0 aromatic heterocycles. The van der Waals surface area contributed by atoms with Gasteiger partial charge in [-0.3, -0.25) is 0 Å². The highest BCUT2D eigenvalue weighted by molar-refractivity contribution is 5.50. The Morgan fingerprint density at radius 1 is 1.37 bits per heavy atom. The maximum absolute atomic E-state index is 14.2. The van der Waals surface area contributed by atoms with Gasteiger partial charge in [-0.2, -0.15) is 0 Å². The van der Waals surface area contributed by atoms with Gasteiger partial charge in [0.15, 0.2) is 0 Å². The second-order valence-corrected chi connectivity index (χ2v) is 5.88. The quantitative estimate of drug-likeness (QED) is 0.894. The van der Waals surface area contributed by atoms with Crippen molar-refractivity contribution >= 4 is 5.69 Å². The van der Waals surface area contributed by atoms with Crippen LogP contribution in [0.3, 0.4) is 0 Å². The fraction of sp³-hybridized carbons (Fsp3) is 0.625. The van der Waals surface area contributed by atoms with Gasteiger partial charge in [0.1, 0.15) is 5.82 Å². The lowest BCUT2D eigenvalue weighted by Crippen LogP contribution is -2.26. The summed E-state index contributed by atoms with van der Waals surface area (Å²) in [5.74, 6) is -0.141. The average molecular weight is 264 g/mol. The monoisotopic (exact) mass is 264 g/mol. The van der Waals surface area contributed by atoms with Gasteiger partial charge in [0.05, 0.1) is 5.69 Å². The van der Waals surface area contributed by atoms with Crippen molar-refractivity contribution in [2.24, 2.45) is 11.1 Å². The highest BCUT2D eigenvalue weighted by atomic mass is 19.1. The van der Waals surface area contributed by atoms with E-state index in [-0.39, 0.29) is 11.9 Å². The van der Waals surface area contributed by atoms with Gasteiger partial charge in [-0.1, -0.05) is 19.9 Å². The summed E-state index contributed by atoms with van der Waals surface area (Å²) in [6.07, 6.45) is 3.49. The SMILES string of the molecule is CCC1(CC)CCN(c2ccc([C@@H](C)N)cc2F)C1. The zero-order chi connectivity index (χ0) is 14.0. The normalized spacial score (nSPS) is 19.7. The van der Waals surface area contributed by atoms with Crippen LogP contribution in [0.15, 0.2) is 18.2 Å². The Morgan fingerprint density at radius 3 is 2.53 bits per heavy atom. The van der Waals surface area contributed by atoms with Crippen LogP contribution in [0.25, 0.3) is 0 Å². The van der Waals surface area contributed by atoms with E-state index < -0.39 is 0 Å². The summed E-state index contributed by atoms with van der Waals surface area (Å²) in [5, 5.41) is 0. The van der Waals surface area contributed by atoms with Crippen molar-refractivity contribution in [2.45, 2.75) is 46.1 Å². The van der Waals surface area contributed by atoms with Crippen LogP contribution in [0.4, 0.5) is 10.1 Å². The van der Waals surface area contributed by atoms with E-state index in [1.807, 2.05) is 19.1 Å². The van der Waals surface area contributed by atoms with E-state index >= 15 is 0 Å². The van der Waals surface area contributed by atoms with E-state index in [2.05, 4.69) is 18.7 Å². The number of nitrogens with zero attached hydrogens (tertiary/aromatic N) is 1. The minimum Gasteiger partial charge on any atom is -0.369 e. The molecule has 1 aliphatic heterocycles. The van der Waals surface area contributed by atoms with Gasteiger partial charge in [-0.05, 0) is 49.3 Å². The number of nitrogens with two attached hydrogens (primary N) is 1. The summed E-state index contributed by atoms with van der Waals surface area (Å²) < 4.78 is 14.2. The molecule has 19 heavy (non-hydrogen) atoms. The molecular weight excluding hydrogens is 239 g/mol. The number of halogens is 1. The first kappa shape index (κ1) is 14.3. The third-order valence-electron chi connectivity index (χ3n) is 4.78. The number of benzene rings is 1. The van der Waals surface area contributed by atoms with Crippen molar-refractivity contribution in [3.63, 3.8) is 0 Å². The summed E-state index contributed by atoms with van der Waals surface area (Å²) in [6, 6.07) is 5.29. The van der Waals surface area contributed by atoms with Gasteiger partial charge in [0.2, 0.25) is 0 Å². The maximum atomic E-state index is 14.2. The summed E-state index contributed by atoms with van der Waals surface area (Å²) in [7, 11) is 0. The Morgan fingerprint density at radius 2 is 2.05 bits per heavy atom. The summed E-state index contributed by atoms with van der Waals surface area (Å²) in [5.41, 5.74) is 7.75. The molecule has 2 rings (SSSR count). The van der Waals surface area contributed by atoms with Gasteiger partial charge in [-0.25, -0.2) is 4.39 Å². The molecule has 0 bridgehead atoms. The second kappa shape index (κ2) is 5.49. The van der Waals surface area contributed by atoms with Crippen LogP contribution in [0.1, 0.15) is 51.6 Å². The number of anilines is 1. The van der Waals surface area contributed by atoms with Crippen molar-refractivity contribution in [2.75, 3.05) is 18.0 Å². The van der Waals surface area contributed by atoms with E-state index in [0.717, 1.165) is 30.8 Å². The molecule has 0 spiro atoms. The molecule has 1 heterocycles. The molecule has 0 radical (unpaired) electrons. The standard InChI is InChI=1S/C16H25FN2/c1-4-16(5-2)8-9-19(11-16)15-7-6-13(12(3)18)10-14(15)17/h6-7,10,12H,4-5,8-9,11,18H2,1-3H3/t12-/m1/s1. The van der Waals surface area contributed by atoms with Crippen LogP contribution in [0.5, 0.6) is 0 Å². The van der Waals surface area contributed by atoms with Crippen LogP contribution in [0.2, 0.25) is 0 Å². The van der Waals surface area contributed by atoms with Gasteiger partial charge in [-0.15, -0.1) is 0 Å². The Kier molecular flexibility index (Phi) is 4.14. The first-order chi connectivity index (χ1) is 9.01. The molecular formula is C16H25FN2. The first-order valence-electron chi connectivity index (χ1n) is 7.31. The predicted molar refractivity (Wildman–Crippen MR) is 78.8 cm³/mol. The molecule has 0 aliphatic carbocycles. The van der Waals surface area contributed by atoms with Crippen LogP contribution in [-0.4, -0.2) is 13.1 Å². The zero-order valence-electron chi connectivity index (χ0n) is 12.2. The maximum Gasteiger partial charge on any atom is 0.146 e. The van der Waals surface area contributed by atoms with Crippen molar-refractivity contribution in [3.8, 4) is 0 Å². The van der Waals surface area contributed by atoms with Crippen molar-refractivity contribution in [3.05, 3.63) is 29.6 Å². The number of rotatable bonds is 4. The highest BCUT2D eigenvalue weighted by Gasteiger charge is 2.35. The summed E-state index contributed by atoms with van der Waals surface area (Å²) in [4.78, 5) is 2.19. The molecule has 0 unspecified atom stereocenters. The second-order valence-electron chi connectivity index (χ2n) is 5.88. The molecule has 1 atom stereocenters. The summed E-state index contributed by atoms with van der Waals surface area (Å²) in [6.45, 7) is 8.28. The number of hydrogen-bond acceptors (Lipinski definition) is 2. The number of hydrogen-bond donors (Lipinski definition) is 1. The highest BCUT2D eigenvalue weighted by Crippen LogP contribution is 2.39. The fourth-order valence-corrected chi connectivity index (χ4v) is 3.03. The molecule has 1 fully saturated rings. The van der Waals surface area contributed by atoms with E-state index in [1.54, 1.807) is 6.07 Å². The van der Waals surface area contributed by atoms with Gasteiger partial charge in [0.25, 0.3) is 0 Å². The molecule has 106 valence electrons. The van der Waals surface area contributed by atoms with Gasteiger partial charge >= 0.3 is 0 Å². The van der Waals surface area contributed by atoms with Crippen LogP contribution < -0.4 is 10.6 Å². The largest absolute Gasteiger partial charge is 0.369 e. The fourth-order valence-electron chi connectivity index (χ4n) is 3.03. The van der Waals surface area contributed by atoms with Gasteiger partial charge < -0.3 is 10.6 Å². The third kappa shape index (κ3) is 2.76. The minimum atomic E-state index is -0.141. The lowest BCUT2D eigenvalue weighted by molar-refractivity contribution is 0.301. The van der Waals surface area contributed by atoms with Crippen LogP contribution in [0, 0.1) is 11.2 Å². The Bertz CT molecular complexity index is 438. The molecule has 3 heteroatoms. The van der Waals surface area contributed by atoms with E-state index in [9.17, 15) is 4.39 Å². The topological polar surface area (TPSA) is 29.3 Å². The predicted octanol–water partition coefficient (Wildman–Crippen LogP) is 3.86. The molecule has 1 aromatic rings. The average Bonchev–Trinajstić information content (AvgIpc) is 2.83. The van der Waals surface area contributed by atoms with Crippen molar-refractivity contribution in [1.29, 1.82) is 0 Å². The molecule has 0 amide bonds. The van der Waals surface area contributed by atoms with E-state index in [4.69, 9.17) is 5.73 Å². The molecule has 1 saturated heterocycles. The minimum absolute atomic E-state index is 0.118. The van der Waals surface area contributed by atoms with Crippen LogP contribution >= 0.6 is 0 Å². The molecule has 1 aromatic carbocycles. The molecule has 1 aliphatic rings. The lowest BCUT2D eigenvalue weighted by atomic mass is 9.82. The van der Waals surface area contributed by atoms with Crippen molar-refractivity contribution in [1.82, 2.24) is 0 Å². The van der Waals surface area contributed by atoms with E-state index in [1.165, 1.54) is 12.8 Å². The van der Waals surface area contributed by atoms with Gasteiger partial charge in [0, 0.05) is 19.1 Å². The third-order valence-corrected chi connectivity index (χ3v) is 4.78. The Balaban J connectivity index is 2.20. The molecule has 2 nitrogen and oxygen atoms in total. The summed E-state index contributed by atoms with van der Waals surface area (Å²) >= 11 is 0. The zero-order valence-corrected chi connectivity index (χ0v) is 12.2. The Hall–Kier alpha value is -1.09. The van der Waals surface area contributed by atoms with E-state index in [0.29, 0.717) is 5.41 Å². The Labute approximate surface area is 115 Å². The first-order valence-corrected chi connectivity index (χ1v) is 7.31. The molecule has 2 N–H and O–H groups in total.